The summed E-state index contributed by atoms with van der Waals surface area (Å²) in [4.78, 5) is 0. The van der Waals surface area contributed by atoms with E-state index in [4.69, 9.17) is 5.11 Å². The van der Waals surface area contributed by atoms with Crippen LogP contribution in [0.1, 0.15) is 30.4 Å². The molecule has 0 aromatic heterocycles. The van der Waals surface area contributed by atoms with E-state index in [0.717, 1.165) is 19.5 Å². The molecule has 1 fully saturated rings. The number of aliphatic hydroxyl groups is 1. The van der Waals surface area contributed by atoms with Crippen molar-refractivity contribution in [3.63, 3.8) is 0 Å². The fourth-order valence-corrected chi connectivity index (χ4v) is 2.82. The first-order valence-corrected chi connectivity index (χ1v) is 7.01. The van der Waals surface area contributed by atoms with E-state index in [9.17, 15) is 0 Å². The second kappa shape index (κ2) is 5.51. The van der Waals surface area contributed by atoms with E-state index in [1.165, 1.54) is 28.4 Å². The fourth-order valence-electron chi connectivity index (χ4n) is 2.19. The normalized spacial score (nSPS) is 17.1. The Labute approximate surface area is 112 Å². The molecule has 0 spiro atoms. The minimum absolute atomic E-state index is 0.315. The van der Waals surface area contributed by atoms with Crippen molar-refractivity contribution in [2.75, 3.05) is 13.2 Å². The maximum atomic E-state index is 9.00. The standard InChI is InChI=1S/C14H20BrNO/c1-11-2-3-12(13(15)8-11)9-16-10-14(4-5-14)6-7-17/h2-3,8,16-17H,4-7,9-10H2,1H3. The van der Waals surface area contributed by atoms with E-state index in [0.29, 0.717) is 12.0 Å². The van der Waals surface area contributed by atoms with Gasteiger partial charge >= 0.3 is 0 Å². The topological polar surface area (TPSA) is 32.3 Å². The van der Waals surface area contributed by atoms with Gasteiger partial charge in [-0.3, -0.25) is 0 Å². The fraction of sp³-hybridized carbons (Fsp3) is 0.571. The lowest BCUT2D eigenvalue weighted by molar-refractivity contribution is 0.245. The van der Waals surface area contributed by atoms with Gasteiger partial charge in [0.15, 0.2) is 0 Å². The number of benzene rings is 1. The summed E-state index contributed by atoms with van der Waals surface area (Å²) >= 11 is 3.59. The van der Waals surface area contributed by atoms with Crippen LogP contribution in [-0.2, 0) is 6.54 Å². The van der Waals surface area contributed by atoms with Gasteiger partial charge in [-0.1, -0.05) is 28.1 Å². The van der Waals surface area contributed by atoms with Crippen molar-refractivity contribution in [3.8, 4) is 0 Å². The first-order valence-electron chi connectivity index (χ1n) is 6.22. The summed E-state index contributed by atoms with van der Waals surface area (Å²) in [6, 6.07) is 6.46. The zero-order valence-corrected chi connectivity index (χ0v) is 11.9. The summed E-state index contributed by atoms with van der Waals surface area (Å²) < 4.78 is 1.18. The highest BCUT2D eigenvalue weighted by atomic mass is 79.9. The molecule has 0 aliphatic heterocycles. The molecule has 2 nitrogen and oxygen atoms in total. The highest BCUT2D eigenvalue weighted by Crippen LogP contribution is 2.47. The Morgan fingerprint density at radius 3 is 2.76 bits per heavy atom. The van der Waals surface area contributed by atoms with E-state index < -0.39 is 0 Å². The minimum Gasteiger partial charge on any atom is -0.396 e. The number of halogens is 1. The van der Waals surface area contributed by atoms with Gasteiger partial charge in [0.1, 0.15) is 0 Å². The van der Waals surface area contributed by atoms with Gasteiger partial charge in [0.05, 0.1) is 0 Å². The molecule has 2 N–H and O–H groups in total. The Balaban J connectivity index is 1.82. The number of rotatable bonds is 6. The lowest BCUT2D eigenvalue weighted by Crippen LogP contribution is -2.24. The third kappa shape index (κ3) is 3.54. The number of nitrogens with one attached hydrogen (secondary N) is 1. The van der Waals surface area contributed by atoms with E-state index in [2.05, 4.69) is 46.4 Å². The Morgan fingerprint density at radius 1 is 1.41 bits per heavy atom. The van der Waals surface area contributed by atoms with Crippen LogP contribution in [0.4, 0.5) is 0 Å². The third-order valence-electron chi connectivity index (χ3n) is 3.62. The molecule has 1 saturated carbocycles. The molecule has 2 rings (SSSR count). The van der Waals surface area contributed by atoms with Crippen molar-refractivity contribution >= 4 is 15.9 Å². The van der Waals surface area contributed by atoms with Gasteiger partial charge in [0.25, 0.3) is 0 Å². The summed E-state index contributed by atoms with van der Waals surface area (Å²) in [7, 11) is 0. The van der Waals surface area contributed by atoms with Crippen LogP contribution in [-0.4, -0.2) is 18.3 Å². The highest BCUT2D eigenvalue weighted by Gasteiger charge is 2.41. The average molecular weight is 298 g/mol. The number of hydrogen-bond donors (Lipinski definition) is 2. The summed E-state index contributed by atoms with van der Waals surface area (Å²) in [5.74, 6) is 0. The van der Waals surface area contributed by atoms with Gasteiger partial charge in [-0.2, -0.15) is 0 Å². The maximum Gasteiger partial charge on any atom is 0.0436 e. The molecule has 0 amide bonds. The summed E-state index contributed by atoms with van der Waals surface area (Å²) in [5, 5.41) is 12.5. The lowest BCUT2D eigenvalue weighted by Gasteiger charge is -2.15. The van der Waals surface area contributed by atoms with Crippen LogP contribution in [0.3, 0.4) is 0 Å². The van der Waals surface area contributed by atoms with Crippen LogP contribution >= 0.6 is 15.9 Å². The first kappa shape index (κ1) is 13.1. The van der Waals surface area contributed by atoms with Gasteiger partial charge < -0.3 is 10.4 Å². The summed E-state index contributed by atoms with van der Waals surface area (Å²) in [5.41, 5.74) is 2.97. The second-order valence-electron chi connectivity index (χ2n) is 5.17. The molecule has 3 heteroatoms. The molecule has 1 aliphatic rings. The Kier molecular flexibility index (Phi) is 4.23. The van der Waals surface area contributed by atoms with Crippen LogP contribution in [0, 0.1) is 12.3 Å². The zero-order chi connectivity index (χ0) is 12.3. The third-order valence-corrected chi connectivity index (χ3v) is 4.36. The molecule has 0 saturated heterocycles. The Bertz CT molecular complexity index is 388. The van der Waals surface area contributed by atoms with Crippen LogP contribution < -0.4 is 5.32 Å². The molecule has 1 aromatic rings. The van der Waals surface area contributed by atoms with Crippen molar-refractivity contribution in [2.45, 2.75) is 32.7 Å². The van der Waals surface area contributed by atoms with Gasteiger partial charge in [0.2, 0.25) is 0 Å². The first-order chi connectivity index (χ1) is 8.15. The number of aryl methyl sites for hydroxylation is 1. The molecule has 17 heavy (non-hydrogen) atoms. The zero-order valence-electron chi connectivity index (χ0n) is 10.3. The molecular weight excluding hydrogens is 278 g/mol. The summed E-state index contributed by atoms with van der Waals surface area (Å²) in [6.07, 6.45) is 3.46. The Hall–Kier alpha value is -0.380. The van der Waals surface area contributed by atoms with Crippen LogP contribution in [0.5, 0.6) is 0 Å². The Morgan fingerprint density at radius 2 is 2.18 bits per heavy atom. The monoisotopic (exact) mass is 297 g/mol. The molecular formula is C14H20BrNO. The van der Waals surface area contributed by atoms with Gasteiger partial charge in [-0.05, 0) is 48.8 Å². The van der Waals surface area contributed by atoms with Gasteiger partial charge in [-0.15, -0.1) is 0 Å². The van der Waals surface area contributed by atoms with E-state index >= 15 is 0 Å². The van der Waals surface area contributed by atoms with Crippen molar-refractivity contribution in [3.05, 3.63) is 33.8 Å². The van der Waals surface area contributed by atoms with Crippen LogP contribution in [0.2, 0.25) is 0 Å². The van der Waals surface area contributed by atoms with Crippen molar-refractivity contribution in [1.29, 1.82) is 0 Å². The highest BCUT2D eigenvalue weighted by molar-refractivity contribution is 9.10. The molecule has 0 radical (unpaired) electrons. The maximum absolute atomic E-state index is 9.00. The molecule has 94 valence electrons. The van der Waals surface area contributed by atoms with Crippen LogP contribution in [0.25, 0.3) is 0 Å². The lowest BCUT2D eigenvalue weighted by atomic mass is 10.0. The van der Waals surface area contributed by atoms with E-state index in [1.807, 2.05) is 0 Å². The predicted octanol–water partition coefficient (Wildman–Crippen LogP) is 3.01. The number of hydrogen-bond acceptors (Lipinski definition) is 2. The molecule has 1 aliphatic carbocycles. The smallest absolute Gasteiger partial charge is 0.0436 e. The average Bonchev–Trinajstić information content (AvgIpc) is 3.02. The van der Waals surface area contributed by atoms with Gasteiger partial charge in [-0.25, -0.2) is 0 Å². The second-order valence-corrected chi connectivity index (χ2v) is 6.03. The quantitative estimate of drug-likeness (QED) is 0.846. The van der Waals surface area contributed by atoms with E-state index in [-0.39, 0.29) is 0 Å². The van der Waals surface area contributed by atoms with Gasteiger partial charge in [0, 0.05) is 24.2 Å². The number of aliphatic hydroxyl groups excluding tert-OH is 1. The largest absolute Gasteiger partial charge is 0.396 e. The molecule has 0 atom stereocenters. The summed E-state index contributed by atoms with van der Waals surface area (Å²) in [6.45, 7) is 4.33. The van der Waals surface area contributed by atoms with Crippen molar-refractivity contribution in [1.82, 2.24) is 5.32 Å². The predicted molar refractivity (Wildman–Crippen MR) is 74.0 cm³/mol. The van der Waals surface area contributed by atoms with Crippen molar-refractivity contribution < 1.29 is 5.11 Å². The molecule has 0 heterocycles. The van der Waals surface area contributed by atoms with Crippen LogP contribution in [0.15, 0.2) is 22.7 Å². The minimum atomic E-state index is 0.315. The molecule has 0 unspecified atom stereocenters. The molecule has 0 bridgehead atoms. The SMILES string of the molecule is Cc1ccc(CNCC2(CCO)CC2)c(Br)c1. The van der Waals surface area contributed by atoms with Crippen molar-refractivity contribution in [2.24, 2.45) is 5.41 Å². The molecule has 1 aromatic carbocycles. The van der Waals surface area contributed by atoms with E-state index in [1.54, 1.807) is 0 Å².